The molecular formula is C14H20ClNO. The minimum absolute atomic E-state index is 0.0881. The van der Waals surface area contributed by atoms with Crippen LogP contribution in [0.5, 0.6) is 0 Å². The maximum absolute atomic E-state index is 12.3. The van der Waals surface area contributed by atoms with Crippen molar-refractivity contribution >= 4 is 17.5 Å². The van der Waals surface area contributed by atoms with E-state index in [4.69, 9.17) is 11.6 Å². The van der Waals surface area contributed by atoms with E-state index in [9.17, 15) is 4.79 Å². The maximum atomic E-state index is 12.3. The van der Waals surface area contributed by atoms with Crippen molar-refractivity contribution in [2.75, 3.05) is 12.4 Å². The van der Waals surface area contributed by atoms with Crippen LogP contribution in [0.1, 0.15) is 36.2 Å². The zero-order valence-electron chi connectivity index (χ0n) is 10.7. The first kappa shape index (κ1) is 14.0. The smallest absolute Gasteiger partial charge is 0.254 e. The molecule has 2 nitrogen and oxygen atoms in total. The summed E-state index contributed by atoms with van der Waals surface area (Å²) in [6, 6.07) is 7.90. The van der Waals surface area contributed by atoms with Gasteiger partial charge in [-0.25, -0.2) is 0 Å². The lowest BCUT2D eigenvalue weighted by Crippen LogP contribution is -2.37. The average Bonchev–Trinajstić information content (AvgIpc) is 2.29. The van der Waals surface area contributed by atoms with Crippen molar-refractivity contribution in [2.45, 2.75) is 33.2 Å². The summed E-state index contributed by atoms with van der Waals surface area (Å²) in [6.07, 6.45) is 0.831. The molecule has 0 atom stereocenters. The van der Waals surface area contributed by atoms with E-state index in [1.165, 1.54) is 5.56 Å². The lowest BCUT2D eigenvalue weighted by molar-refractivity contribution is 0.0706. The molecule has 94 valence electrons. The molecule has 0 aromatic heterocycles. The molecule has 0 aliphatic rings. The number of halogens is 1. The second-order valence-electron chi connectivity index (χ2n) is 4.50. The summed E-state index contributed by atoms with van der Waals surface area (Å²) in [5.41, 5.74) is 1.91. The molecule has 1 aromatic carbocycles. The van der Waals surface area contributed by atoms with Gasteiger partial charge in [0.15, 0.2) is 0 Å². The average molecular weight is 254 g/mol. The van der Waals surface area contributed by atoms with Crippen molar-refractivity contribution < 1.29 is 4.79 Å². The first-order valence-corrected chi connectivity index (χ1v) is 6.53. The molecule has 0 aliphatic carbocycles. The number of aryl methyl sites for hydroxylation is 1. The zero-order valence-corrected chi connectivity index (χ0v) is 11.5. The molecule has 0 fully saturated rings. The van der Waals surface area contributed by atoms with Crippen LogP contribution < -0.4 is 0 Å². The molecule has 0 heterocycles. The van der Waals surface area contributed by atoms with E-state index >= 15 is 0 Å². The molecule has 3 heteroatoms. The summed E-state index contributed by atoms with van der Waals surface area (Å²) in [5, 5.41) is 0. The van der Waals surface area contributed by atoms with E-state index in [-0.39, 0.29) is 11.9 Å². The van der Waals surface area contributed by atoms with Gasteiger partial charge in [-0.05, 0) is 39.3 Å². The van der Waals surface area contributed by atoms with Crippen molar-refractivity contribution in [1.82, 2.24) is 4.90 Å². The van der Waals surface area contributed by atoms with Gasteiger partial charge in [-0.15, -0.1) is 11.6 Å². The Morgan fingerprint density at radius 2 is 1.88 bits per heavy atom. The predicted octanol–water partition coefficient (Wildman–Crippen LogP) is 3.47. The van der Waals surface area contributed by atoms with Gasteiger partial charge >= 0.3 is 0 Å². The van der Waals surface area contributed by atoms with Gasteiger partial charge in [-0.2, -0.15) is 0 Å². The van der Waals surface area contributed by atoms with Gasteiger partial charge in [0.25, 0.3) is 5.91 Å². The van der Waals surface area contributed by atoms with E-state index in [2.05, 4.69) is 0 Å². The van der Waals surface area contributed by atoms with E-state index in [0.29, 0.717) is 12.4 Å². The van der Waals surface area contributed by atoms with E-state index < -0.39 is 0 Å². The van der Waals surface area contributed by atoms with Gasteiger partial charge in [-0.3, -0.25) is 4.79 Å². The van der Waals surface area contributed by atoms with Gasteiger partial charge in [-0.1, -0.05) is 17.7 Å². The number of benzene rings is 1. The molecule has 17 heavy (non-hydrogen) atoms. The van der Waals surface area contributed by atoms with Crippen LogP contribution in [0.15, 0.2) is 24.3 Å². The topological polar surface area (TPSA) is 20.3 Å². The Morgan fingerprint density at radius 3 is 2.35 bits per heavy atom. The molecule has 0 bridgehead atoms. The highest BCUT2D eigenvalue weighted by atomic mass is 35.5. The zero-order chi connectivity index (χ0) is 12.8. The summed E-state index contributed by atoms with van der Waals surface area (Å²) >= 11 is 5.68. The quantitative estimate of drug-likeness (QED) is 0.736. The summed E-state index contributed by atoms with van der Waals surface area (Å²) in [6.45, 7) is 6.79. The number of carbonyl (C=O) groups excluding carboxylic acids is 1. The van der Waals surface area contributed by atoms with Gasteiger partial charge in [0.2, 0.25) is 0 Å². The highest BCUT2D eigenvalue weighted by Crippen LogP contribution is 2.10. The van der Waals surface area contributed by atoms with E-state index in [0.717, 1.165) is 12.0 Å². The van der Waals surface area contributed by atoms with Crippen LogP contribution in [0.2, 0.25) is 0 Å². The van der Waals surface area contributed by atoms with Crippen molar-refractivity contribution in [1.29, 1.82) is 0 Å². The SMILES string of the molecule is Cc1ccc(C(=O)N(CCCCl)C(C)C)cc1. The number of hydrogen-bond acceptors (Lipinski definition) is 1. The van der Waals surface area contributed by atoms with Crippen LogP contribution in [0.4, 0.5) is 0 Å². The molecule has 0 saturated heterocycles. The molecule has 0 saturated carbocycles. The molecule has 1 aromatic rings. The summed E-state index contributed by atoms with van der Waals surface area (Å²) in [4.78, 5) is 14.2. The molecular weight excluding hydrogens is 234 g/mol. The van der Waals surface area contributed by atoms with Crippen LogP contribution in [0.25, 0.3) is 0 Å². The molecule has 0 N–H and O–H groups in total. The Kier molecular flexibility index (Phi) is 5.49. The minimum Gasteiger partial charge on any atom is -0.336 e. The highest BCUT2D eigenvalue weighted by Gasteiger charge is 2.17. The number of amides is 1. The largest absolute Gasteiger partial charge is 0.336 e. The number of hydrogen-bond donors (Lipinski definition) is 0. The van der Waals surface area contributed by atoms with Crippen molar-refractivity contribution in [3.05, 3.63) is 35.4 Å². The van der Waals surface area contributed by atoms with E-state index in [1.54, 1.807) is 0 Å². The van der Waals surface area contributed by atoms with Crippen LogP contribution in [0.3, 0.4) is 0 Å². The molecule has 1 rings (SSSR count). The third-order valence-corrected chi connectivity index (χ3v) is 2.98. The van der Waals surface area contributed by atoms with Gasteiger partial charge in [0.05, 0.1) is 0 Å². The van der Waals surface area contributed by atoms with Crippen molar-refractivity contribution in [3.8, 4) is 0 Å². The Morgan fingerprint density at radius 1 is 1.29 bits per heavy atom. The van der Waals surface area contributed by atoms with Crippen LogP contribution >= 0.6 is 11.6 Å². The number of carbonyl (C=O) groups is 1. The summed E-state index contributed by atoms with van der Waals surface area (Å²) < 4.78 is 0. The third-order valence-electron chi connectivity index (χ3n) is 2.72. The minimum atomic E-state index is 0.0881. The second-order valence-corrected chi connectivity index (χ2v) is 4.88. The Balaban J connectivity index is 2.80. The fourth-order valence-electron chi connectivity index (χ4n) is 1.69. The van der Waals surface area contributed by atoms with Crippen molar-refractivity contribution in [3.63, 3.8) is 0 Å². The Labute approximate surface area is 109 Å². The lowest BCUT2D eigenvalue weighted by Gasteiger charge is -2.26. The molecule has 0 spiro atoms. The standard InChI is InChI=1S/C14H20ClNO/c1-11(2)16(10-4-9-15)14(17)13-7-5-12(3)6-8-13/h5-8,11H,4,9-10H2,1-3H3. The van der Waals surface area contributed by atoms with Crippen LogP contribution in [-0.4, -0.2) is 29.3 Å². The fraction of sp³-hybridized carbons (Fsp3) is 0.500. The first-order chi connectivity index (χ1) is 8.06. The fourth-order valence-corrected chi connectivity index (χ4v) is 1.81. The monoisotopic (exact) mass is 253 g/mol. The van der Waals surface area contributed by atoms with Crippen LogP contribution in [0, 0.1) is 6.92 Å². The molecule has 0 aliphatic heterocycles. The Bertz CT molecular complexity index is 359. The molecule has 0 unspecified atom stereocenters. The third kappa shape index (κ3) is 4.04. The number of rotatable bonds is 5. The highest BCUT2D eigenvalue weighted by molar-refractivity contribution is 6.17. The molecule has 0 radical (unpaired) electrons. The van der Waals surface area contributed by atoms with Gasteiger partial charge in [0.1, 0.15) is 0 Å². The van der Waals surface area contributed by atoms with E-state index in [1.807, 2.05) is 49.9 Å². The summed E-state index contributed by atoms with van der Waals surface area (Å²) in [5.74, 6) is 0.676. The second kappa shape index (κ2) is 6.65. The molecule has 1 amide bonds. The number of nitrogens with zero attached hydrogens (tertiary/aromatic N) is 1. The maximum Gasteiger partial charge on any atom is 0.254 e. The normalized spacial score (nSPS) is 10.6. The lowest BCUT2D eigenvalue weighted by atomic mass is 10.1. The van der Waals surface area contributed by atoms with Gasteiger partial charge in [0, 0.05) is 24.0 Å². The van der Waals surface area contributed by atoms with Gasteiger partial charge < -0.3 is 4.90 Å². The number of alkyl halides is 1. The Hall–Kier alpha value is -1.02. The van der Waals surface area contributed by atoms with Crippen LogP contribution in [-0.2, 0) is 0 Å². The predicted molar refractivity (Wildman–Crippen MR) is 72.7 cm³/mol. The first-order valence-electron chi connectivity index (χ1n) is 6.00. The van der Waals surface area contributed by atoms with Crippen molar-refractivity contribution in [2.24, 2.45) is 0 Å². The summed E-state index contributed by atoms with van der Waals surface area (Å²) in [7, 11) is 0.